The highest BCUT2D eigenvalue weighted by atomic mass is 16.6. The number of carbonyl (C=O) groups is 2. The Morgan fingerprint density at radius 1 is 1.10 bits per heavy atom. The first-order chi connectivity index (χ1) is 10.2. The molecule has 0 aliphatic heterocycles. The molecular formula is C16H14O5. The van der Waals surface area contributed by atoms with Crippen LogP contribution in [0.5, 0.6) is 17.2 Å². The van der Waals surface area contributed by atoms with Crippen molar-refractivity contribution in [2.45, 2.75) is 0 Å². The van der Waals surface area contributed by atoms with E-state index < -0.39 is 5.97 Å². The maximum absolute atomic E-state index is 11.8. The number of hydrogen-bond acceptors (Lipinski definition) is 5. The number of rotatable bonds is 6. The number of methoxy groups -OCH3 is 1. The second kappa shape index (κ2) is 7.09. The third kappa shape index (κ3) is 4.07. The van der Waals surface area contributed by atoms with Crippen molar-refractivity contribution in [1.82, 2.24) is 0 Å². The minimum absolute atomic E-state index is 0.184. The van der Waals surface area contributed by atoms with Gasteiger partial charge in [-0.25, -0.2) is 4.79 Å². The highest BCUT2D eigenvalue weighted by molar-refractivity contribution is 5.79. The third-order valence-corrected chi connectivity index (χ3v) is 2.65. The van der Waals surface area contributed by atoms with E-state index in [2.05, 4.69) is 0 Å². The molecule has 0 heterocycles. The lowest BCUT2D eigenvalue weighted by atomic mass is 10.2. The standard InChI is InChI=1S/C16H14O5/c1-19-14-8-7-12(10-17)9-15(14)21-16(18)11-20-13-5-3-2-4-6-13/h2-10H,11H2,1H3. The van der Waals surface area contributed by atoms with Crippen LogP contribution in [0.25, 0.3) is 0 Å². The van der Waals surface area contributed by atoms with Crippen LogP contribution in [-0.2, 0) is 4.79 Å². The number of ether oxygens (including phenoxy) is 3. The lowest BCUT2D eigenvalue weighted by molar-refractivity contribution is -0.136. The zero-order valence-electron chi connectivity index (χ0n) is 11.4. The van der Waals surface area contributed by atoms with Crippen LogP contribution in [0.3, 0.4) is 0 Å². The largest absolute Gasteiger partial charge is 0.493 e. The maximum Gasteiger partial charge on any atom is 0.349 e. The van der Waals surface area contributed by atoms with Crippen molar-refractivity contribution in [3.05, 3.63) is 54.1 Å². The molecule has 0 fully saturated rings. The van der Waals surface area contributed by atoms with E-state index in [0.29, 0.717) is 23.3 Å². The molecule has 0 unspecified atom stereocenters. The fraction of sp³-hybridized carbons (Fsp3) is 0.125. The zero-order chi connectivity index (χ0) is 15.1. The minimum Gasteiger partial charge on any atom is -0.493 e. The Morgan fingerprint density at radius 2 is 1.86 bits per heavy atom. The SMILES string of the molecule is COc1ccc(C=O)cc1OC(=O)COc1ccccc1. The van der Waals surface area contributed by atoms with Crippen molar-refractivity contribution in [2.75, 3.05) is 13.7 Å². The average molecular weight is 286 g/mol. The molecule has 5 nitrogen and oxygen atoms in total. The van der Waals surface area contributed by atoms with Gasteiger partial charge in [-0.05, 0) is 30.3 Å². The highest BCUT2D eigenvalue weighted by Crippen LogP contribution is 2.27. The number of aldehydes is 1. The van der Waals surface area contributed by atoms with E-state index >= 15 is 0 Å². The topological polar surface area (TPSA) is 61.8 Å². The molecule has 0 aliphatic carbocycles. The van der Waals surface area contributed by atoms with Crippen LogP contribution in [0.1, 0.15) is 10.4 Å². The molecule has 0 aromatic heterocycles. The molecule has 2 aromatic carbocycles. The Morgan fingerprint density at radius 3 is 2.52 bits per heavy atom. The van der Waals surface area contributed by atoms with Gasteiger partial charge in [-0.3, -0.25) is 4.79 Å². The second-order valence-electron chi connectivity index (χ2n) is 4.10. The molecule has 0 saturated heterocycles. The molecule has 108 valence electrons. The van der Waals surface area contributed by atoms with Gasteiger partial charge in [-0.15, -0.1) is 0 Å². The van der Waals surface area contributed by atoms with Gasteiger partial charge in [0.2, 0.25) is 0 Å². The first-order valence-electron chi connectivity index (χ1n) is 6.24. The van der Waals surface area contributed by atoms with Crippen molar-refractivity contribution in [2.24, 2.45) is 0 Å². The second-order valence-corrected chi connectivity index (χ2v) is 4.10. The lowest BCUT2D eigenvalue weighted by Gasteiger charge is -2.10. The van der Waals surface area contributed by atoms with E-state index in [1.54, 1.807) is 36.4 Å². The lowest BCUT2D eigenvalue weighted by Crippen LogP contribution is -2.18. The summed E-state index contributed by atoms with van der Waals surface area (Å²) in [4.78, 5) is 22.5. The molecule has 0 saturated carbocycles. The summed E-state index contributed by atoms with van der Waals surface area (Å²) in [5.74, 6) is 0.542. The van der Waals surface area contributed by atoms with E-state index in [1.807, 2.05) is 6.07 Å². The number of esters is 1. The van der Waals surface area contributed by atoms with E-state index in [9.17, 15) is 9.59 Å². The van der Waals surface area contributed by atoms with Gasteiger partial charge in [0.1, 0.15) is 12.0 Å². The van der Waals surface area contributed by atoms with Crippen molar-refractivity contribution in [3.63, 3.8) is 0 Å². The van der Waals surface area contributed by atoms with Gasteiger partial charge in [-0.1, -0.05) is 18.2 Å². The van der Waals surface area contributed by atoms with Crippen molar-refractivity contribution in [3.8, 4) is 17.2 Å². The Kier molecular flexibility index (Phi) is 4.93. The molecule has 0 radical (unpaired) electrons. The fourth-order valence-electron chi connectivity index (χ4n) is 1.66. The predicted molar refractivity (Wildman–Crippen MR) is 76.0 cm³/mol. The molecule has 0 amide bonds. The molecule has 0 N–H and O–H groups in total. The van der Waals surface area contributed by atoms with Crippen LogP contribution in [0.4, 0.5) is 0 Å². The molecule has 2 rings (SSSR count). The fourth-order valence-corrected chi connectivity index (χ4v) is 1.66. The summed E-state index contributed by atoms with van der Waals surface area (Å²) in [6.45, 7) is -0.238. The summed E-state index contributed by atoms with van der Waals surface area (Å²) in [5.41, 5.74) is 0.391. The number of hydrogen-bond donors (Lipinski definition) is 0. The Hall–Kier alpha value is -2.82. The molecule has 0 spiro atoms. The van der Waals surface area contributed by atoms with Gasteiger partial charge in [0.25, 0.3) is 0 Å². The molecule has 5 heteroatoms. The van der Waals surface area contributed by atoms with E-state index in [1.165, 1.54) is 13.2 Å². The summed E-state index contributed by atoms with van der Waals surface area (Å²) in [6.07, 6.45) is 0.664. The highest BCUT2D eigenvalue weighted by Gasteiger charge is 2.11. The zero-order valence-corrected chi connectivity index (χ0v) is 11.4. The minimum atomic E-state index is -0.583. The van der Waals surface area contributed by atoms with Gasteiger partial charge < -0.3 is 14.2 Å². The van der Waals surface area contributed by atoms with Crippen LogP contribution in [-0.4, -0.2) is 26.0 Å². The molecule has 0 aliphatic rings. The number of para-hydroxylation sites is 1. The van der Waals surface area contributed by atoms with Crippen LogP contribution < -0.4 is 14.2 Å². The van der Waals surface area contributed by atoms with Gasteiger partial charge in [0, 0.05) is 5.56 Å². The number of benzene rings is 2. The van der Waals surface area contributed by atoms with Gasteiger partial charge in [0.15, 0.2) is 18.1 Å². The summed E-state index contributed by atoms with van der Waals surface area (Å²) in [6, 6.07) is 13.5. The van der Waals surface area contributed by atoms with Gasteiger partial charge >= 0.3 is 5.97 Å². The van der Waals surface area contributed by atoms with Gasteiger partial charge in [-0.2, -0.15) is 0 Å². The van der Waals surface area contributed by atoms with E-state index in [-0.39, 0.29) is 12.4 Å². The van der Waals surface area contributed by atoms with Crippen molar-refractivity contribution in [1.29, 1.82) is 0 Å². The summed E-state index contributed by atoms with van der Waals surface area (Å²) in [5, 5.41) is 0. The van der Waals surface area contributed by atoms with Crippen LogP contribution in [0.15, 0.2) is 48.5 Å². The monoisotopic (exact) mass is 286 g/mol. The first-order valence-corrected chi connectivity index (χ1v) is 6.24. The molecule has 2 aromatic rings. The Labute approximate surface area is 122 Å². The maximum atomic E-state index is 11.8. The van der Waals surface area contributed by atoms with Crippen LogP contribution in [0.2, 0.25) is 0 Å². The molecule has 21 heavy (non-hydrogen) atoms. The van der Waals surface area contributed by atoms with E-state index in [4.69, 9.17) is 14.2 Å². The molecule has 0 atom stereocenters. The smallest absolute Gasteiger partial charge is 0.349 e. The average Bonchev–Trinajstić information content (AvgIpc) is 2.54. The normalized spacial score (nSPS) is 9.76. The van der Waals surface area contributed by atoms with Crippen molar-refractivity contribution >= 4 is 12.3 Å². The van der Waals surface area contributed by atoms with Crippen LogP contribution in [0, 0.1) is 0 Å². The Balaban J connectivity index is 2.00. The summed E-state index contributed by atoms with van der Waals surface area (Å²) >= 11 is 0. The molecule has 0 bridgehead atoms. The third-order valence-electron chi connectivity index (χ3n) is 2.65. The summed E-state index contributed by atoms with van der Waals surface area (Å²) < 4.78 is 15.5. The van der Waals surface area contributed by atoms with Crippen molar-refractivity contribution < 1.29 is 23.8 Å². The predicted octanol–water partition coefficient (Wildman–Crippen LogP) is 2.49. The Bertz CT molecular complexity index is 622. The molecular weight excluding hydrogens is 272 g/mol. The number of carbonyl (C=O) groups excluding carboxylic acids is 2. The van der Waals surface area contributed by atoms with E-state index in [0.717, 1.165) is 0 Å². The quantitative estimate of drug-likeness (QED) is 0.464. The van der Waals surface area contributed by atoms with Crippen LogP contribution >= 0.6 is 0 Å². The van der Waals surface area contributed by atoms with Gasteiger partial charge in [0.05, 0.1) is 7.11 Å². The first kappa shape index (κ1) is 14.6. The summed E-state index contributed by atoms with van der Waals surface area (Å²) in [7, 11) is 1.45.